The maximum Gasteiger partial charge on any atom is 0.173 e. The number of nitrogens with one attached hydrogen (secondary N) is 1. The average molecular weight is 458 g/mol. The maximum absolute atomic E-state index is 5.78. The second-order valence-corrected chi connectivity index (χ2v) is 10.5. The van der Waals surface area contributed by atoms with Gasteiger partial charge in [0.25, 0.3) is 0 Å². The Morgan fingerprint density at radius 1 is 0.964 bits per heavy atom. The Morgan fingerprint density at radius 2 is 1.57 bits per heavy atom. The quantitative estimate of drug-likeness (QED) is 0.623. The lowest BCUT2D eigenvalue weighted by molar-refractivity contribution is -0.0553. The standard InChI is InChI=1S/C23H28BrN3S/c1-22-13-23(2,15-26(14-22)12-18-8-10-19(24)11-9-18)17-27(16-22)21(28)25-20-6-4-3-5-7-20/h3-11H,12-17H2,1-2H3,(H,25,28)/t22-,23-/m0/s1. The summed E-state index contributed by atoms with van der Waals surface area (Å²) in [6.07, 6.45) is 1.27. The molecule has 0 amide bonds. The Hall–Kier alpha value is -1.43. The fourth-order valence-electron chi connectivity index (χ4n) is 5.29. The lowest BCUT2D eigenvalue weighted by Gasteiger charge is -2.57. The van der Waals surface area contributed by atoms with Gasteiger partial charge in [0.2, 0.25) is 0 Å². The number of hydrogen-bond acceptors (Lipinski definition) is 2. The SMILES string of the molecule is C[C@]12CN(Cc3ccc(Br)cc3)C[C@@](C)(CN(C(=S)Nc3ccccc3)C1)C2. The molecule has 2 aromatic carbocycles. The van der Waals surface area contributed by atoms with E-state index in [1.54, 1.807) is 0 Å². The third kappa shape index (κ3) is 4.58. The van der Waals surface area contributed by atoms with E-state index >= 15 is 0 Å². The van der Waals surface area contributed by atoms with E-state index in [1.807, 2.05) is 18.2 Å². The van der Waals surface area contributed by atoms with Crippen molar-refractivity contribution < 1.29 is 0 Å². The van der Waals surface area contributed by atoms with Crippen LogP contribution < -0.4 is 5.32 Å². The molecule has 28 heavy (non-hydrogen) atoms. The molecule has 2 saturated heterocycles. The molecule has 5 heteroatoms. The van der Waals surface area contributed by atoms with Crippen LogP contribution in [-0.4, -0.2) is 41.1 Å². The molecule has 2 aliphatic heterocycles. The molecule has 0 radical (unpaired) electrons. The number of fused-ring (bicyclic) bond motifs is 2. The highest BCUT2D eigenvalue weighted by atomic mass is 79.9. The van der Waals surface area contributed by atoms with Crippen LogP contribution in [0.25, 0.3) is 0 Å². The summed E-state index contributed by atoms with van der Waals surface area (Å²) in [5, 5.41) is 4.28. The number of likely N-dealkylation sites (tertiary alicyclic amines) is 2. The number of para-hydroxylation sites is 1. The molecule has 2 bridgehead atoms. The van der Waals surface area contributed by atoms with Gasteiger partial charge in [0, 0.05) is 42.9 Å². The van der Waals surface area contributed by atoms with E-state index in [2.05, 4.69) is 81.3 Å². The van der Waals surface area contributed by atoms with Gasteiger partial charge in [-0.2, -0.15) is 0 Å². The topological polar surface area (TPSA) is 18.5 Å². The molecule has 2 fully saturated rings. The van der Waals surface area contributed by atoms with Crippen molar-refractivity contribution in [2.45, 2.75) is 26.8 Å². The van der Waals surface area contributed by atoms with Crippen LogP contribution in [0.2, 0.25) is 0 Å². The third-order valence-corrected chi connectivity index (χ3v) is 6.73. The van der Waals surface area contributed by atoms with E-state index in [1.165, 1.54) is 12.0 Å². The molecule has 2 aromatic rings. The predicted octanol–water partition coefficient (Wildman–Crippen LogP) is 5.38. The van der Waals surface area contributed by atoms with Crippen molar-refractivity contribution in [3.05, 3.63) is 64.6 Å². The van der Waals surface area contributed by atoms with E-state index in [4.69, 9.17) is 12.2 Å². The fourth-order valence-corrected chi connectivity index (χ4v) is 5.81. The van der Waals surface area contributed by atoms with Crippen molar-refractivity contribution in [1.29, 1.82) is 0 Å². The summed E-state index contributed by atoms with van der Waals surface area (Å²) in [6.45, 7) is 10.1. The first kappa shape index (κ1) is 19.9. The summed E-state index contributed by atoms with van der Waals surface area (Å²) in [5.41, 5.74) is 2.95. The van der Waals surface area contributed by atoms with Gasteiger partial charge < -0.3 is 10.2 Å². The van der Waals surface area contributed by atoms with E-state index < -0.39 is 0 Å². The largest absolute Gasteiger partial charge is 0.348 e. The van der Waals surface area contributed by atoms with Crippen LogP contribution in [0.3, 0.4) is 0 Å². The van der Waals surface area contributed by atoms with E-state index in [-0.39, 0.29) is 10.8 Å². The van der Waals surface area contributed by atoms with Gasteiger partial charge in [-0.3, -0.25) is 4.90 Å². The van der Waals surface area contributed by atoms with Crippen LogP contribution in [0.4, 0.5) is 5.69 Å². The minimum absolute atomic E-state index is 0.253. The van der Waals surface area contributed by atoms with Crippen molar-refractivity contribution in [1.82, 2.24) is 9.80 Å². The number of thiocarbonyl (C=S) groups is 1. The highest BCUT2D eigenvalue weighted by molar-refractivity contribution is 9.10. The molecular formula is C23H28BrN3S. The molecule has 3 nitrogen and oxygen atoms in total. The first-order valence-electron chi connectivity index (χ1n) is 9.90. The maximum atomic E-state index is 5.78. The Labute approximate surface area is 182 Å². The van der Waals surface area contributed by atoms with Gasteiger partial charge in [-0.25, -0.2) is 0 Å². The summed E-state index contributed by atoms with van der Waals surface area (Å²) in [4.78, 5) is 5.03. The third-order valence-electron chi connectivity index (χ3n) is 5.84. The Balaban J connectivity index is 1.45. The van der Waals surface area contributed by atoms with E-state index in [9.17, 15) is 0 Å². The zero-order valence-corrected chi connectivity index (χ0v) is 19.0. The van der Waals surface area contributed by atoms with Crippen molar-refractivity contribution in [3.63, 3.8) is 0 Å². The number of hydrogen-bond donors (Lipinski definition) is 1. The number of piperidine rings is 2. The van der Waals surface area contributed by atoms with Gasteiger partial charge in [0.15, 0.2) is 5.11 Å². The zero-order chi connectivity index (χ0) is 19.8. The Bertz CT molecular complexity index is 821. The molecule has 2 atom stereocenters. The summed E-state index contributed by atoms with van der Waals surface area (Å²) in [7, 11) is 0. The van der Waals surface area contributed by atoms with Crippen LogP contribution in [-0.2, 0) is 6.54 Å². The summed E-state index contributed by atoms with van der Waals surface area (Å²) in [6, 6.07) is 19.0. The lowest BCUT2D eigenvalue weighted by Crippen LogP contribution is -2.63. The van der Waals surface area contributed by atoms with Gasteiger partial charge >= 0.3 is 0 Å². The molecule has 148 valence electrons. The number of benzene rings is 2. The van der Waals surface area contributed by atoms with Gasteiger partial charge in [0.1, 0.15) is 0 Å². The van der Waals surface area contributed by atoms with E-state index in [0.717, 1.165) is 48.0 Å². The summed E-state index contributed by atoms with van der Waals surface area (Å²) < 4.78 is 1.14. The van der Waals surface area contributed by atoms with Gasteiger partial charge in [-0.1, -0.05) is 60.1 Å². The molecule has 0 aromatic heterocycles. The lowest BCUT2D eigenvalue weighted by atomic mass is 9.65. The molecule has 4 rings (SSSR count). The molecular weight excluding hydrogens is 430 g/mol. The smallest absolute Gasteiger partial charge is 0.173 e. The molecule has 0 unspecified atom stereocenters. The number of nitrogens with zero attached hydrogens (tertiary/aromatic N) is 2. The highest BCUT2D eigenvalue weighted by Crippen LogP contribution is 2.45. The minimum Gasteiger partial charge on any atom is -0.348 e. The molecule has 0 aliphatic carbocycles. The van der Waals surface area contributed by atoms with E-state index in [0.29, 0.717) is 0 Å². The van der Waals surface area contributed by atoms with Crippen LogP contribution in [0.5, 0.6) is 0 Å². The Morgan fingerprint density at radius 3 is 2.18 bits per heavy atom. The second kappa shape index (κ2) is 7.77. The fraction of sp³-hybridized carbons (Fsp3) is 0.435. The molecule has 2 heterocycles. The predicted molar refractivity (Wildman–Crippen MR) is 124 cm³/mol. The van der Waals surface area contributed by atoms with Gasteiger partial charge in [-0.15, -0.1) is 0 Å². The molecule has 1 N–H and O–H groups in total. The number of anilines is 1. The van der Waals surface area contributed by atoms with Crippen LogP contribution >= 0.6 is 28.1 Å². The van der Waals surface area contributed by atoms with Crippen molar-refractivity contribution in [2.75, 3.05) is 31.5 Å². The van der Waals surface area contributed by atoms with Crippen LogP contribution in [0.1, 0.15) is 25.8 Å². The van der Waals surface area contributed by atoms with Crippen LogP contribution in [0.15, 0.2) is 59.1 Å². The Kier molecular flexibility index (Phi) is 5.51. The number of rotatable bonds is 3. The van der Waals surface area contributed by atoms with Crippen molar-refractivity contribution in [3.8, 4) is 0 Å². The zero-order valence-electron chi connectivity index (χ0n) is 16.6. The van der Waals surface area contributed by atoms with Crippen molar-refractivity contribution in [2.24, 2.45) is 10.8 Å². The van der Waals surface area contributed by atoms with Crippen molar-refractivity contribution >= 4 is 38.9 Å². The highest BCUT2D eigenvalue weighted by Gasteiger charge is 2.48. The average Bonchev–Trinajstić information content (AvgIpc) is 2.62. The van der Waals surface area contributed by atoms with Gasteiger partial charge in [-0.05, 0) is 59.3 Å². The molecule has 0 saturated carbocycles. The minimum atomic E-state index is 0.253. The van der Waals surface area contributed by atoms with Crippen LogP contribution in [0, 0.1) is 10.8 Å². The summed E-state index contributed by atoms with van der Waals surface area (Å²) in [5.74, 6) is 0. The molecule has 2 aliphatic rings. The monoisotopic (exact) mass is 457 g/mol. The number of halogens is 1. The second-order valence-electron chi connectivity index (χ2n) is 9.22. The first-order valence-corrected chi connectivity index (χ1v) is 11.1. The molecule has 0 spiro atoms. The summed E-state index contributed by atoms with van der Waals surface area (Å²) >= 11 is 9.31. The van der Waals surface area contributed by atoms with Gasteiger partial charge in [0.05, 0.1) is 0 Å². The normalized spacial score (nSPS) is 27.5. The first-order chi connectivity index (χ1) is 13.3.